The van der Waals surface area contributed by atoms with Crippen molar-refractivity contribution >= 4 is 23.5 Å². The van der Waals surface area contributed by atoms with Crippen molar-refractivity contribution in [2.45, 2.75) is 0 Å². The fourth-order valence-corrected chi connectivity index (χ4v) is 1.13. The van der Waals surface area contributed by atoms with E-state index in [1.807, 2.05) is 0 Å². The Hall–Kier alpha value is -1.55. The number of rotatable bonds is 4. The maximum atomic E-state index is 11.4. The summed E-state index contributed by atoms with van der Waals surface area (Å²) in [4.78, 5) is 22.0. The van der Waals surface area contributed by atoms with Crippen molar-refractivity contribution in [3.8, 4) is 0 Å². The second-order valence-corrected chi connectivity index (χ2v) is 3.04. The van der Waals surface area contributed by atoms with Gasteiger partial charge in [-0.2, -0.15) is 0 Å². The molecule has 0 saturated carbocycles. The first-order valence-electron chi connectivity index (χ1n) is 4.20. The molecule has 0 aliphatic rings. The molecule has 5 heteroatoms. The number of alkyl halides is 1. The summed E-state index contributed by atoms with van der Waals surface area (Å²) in [6, 6.07) is 5.70. The lowest BCUT2D eigenvalue weighted by atomic mass is 10.1. The molecule has 0 amide bonds. The molecule has 0 aromatic heterocycles. The van der Waals surface area contributed by atoms with Gasteiger partial charge in [-0.15, -0.1) is 11.6 Å². The van der Waals surface area contributed by atoms with E-state index in [2.05, 4.69) is 0 Å². The van der Waals surface area contributed by atoms with Crippen LogP contribution in [0.25, 0.3) is 0 Å². The van der Waals surface area contributed by atoms with E-state index in [9.17, 15) is 14.7 Å². The van der Waals surface area contributed by atoms with Gasteiger partial charge in [0.05, 0.1) is 17.4 Å². The van der Waals surface area contributed by atoms with Gasteiger partial charge in [-0.25, -0.2) is 4.79 Å². The molecule has 0 fully saturated rings. The number of halogens is 1. The van der Waals surface area contributed by atoms with Crippen LogP contribution in [0.4, 0.5) is 0 Å². The lowest BCUT2D eigenvalue weighted by molar-refractivity contribution is -0.255. The number of carboxylic acids is 1. The van der Waals surface area contributed by atoms with Crippen LogP contribution in [-0.2, 0) is 4.74 Å². The molecule has 0 aliphatic carbocycles. The monoisotopic (exact) mass is 227 g/mol. The fraction of sp³-hybridized carbons (Fsp3) is 0.200. The summed E-state index contributed by atoms with van der Waals surface area (Å²) in [5.41, 5.74) is -0.209. The molecular weight excluding hydrogens is 220 g/mol. The molecule has 4 nitrogen and oxygen atoms in total. The second-order valence-electron chi connectivity index (χ2n) is 2.66. The molecular formula is C10H8ClO4-. The summed E-state index contributed by atoms with van der Waals surface area (Å²) < 4.78 is 4.71. The van der Waals surface area contributed by atoms with Crippen molar-refractivity contribution in [2.24, 2.45) is 0 Å². The van der Waals surface area contributed by atoms with Gasteiger partial charge in [0, 0.05) is 5.56 Å². The van der Waals surface area contributed by atoms with Crippen LogP contribution in [0, 0.1) is 0 Å². The van der Waals surface area contributed by atoms with Crippen LogP contribution >= 0.6 is 11.6 Å². The van der Waals surface area contributed by atoms with Gasteiger partial charge in [-0.1, -0.05) is 18.2 Å². The average molecular weight is 228 g/mol. The first-order chi connectivity index (χ1) is 7.16. The van der Waals surface area contributed by atoms with Gasteiger partial charge in [0.1, 0.15) is 6.61 Å². The Morgan fingerprint density at radius 2 is 1.87 bits per heavy atom. The SMILES string of the molecule is O=C([O-])c1ccccc1C(=O)OCCCl. The lowest BCUT2D eigenvalue weighted by Crippen LogP contribution is -2.25. The third-order valence-corrected chi connectivity index (χ3v) is 1.83. The average Bonchev–Trinajstić information content (AvgIpc) is 2.25. The largest absolute Gasteiger partial charge is 0.545 e. The Balaban J connectivity index is 2.92. The highest BCUT2D eigenvalue weighted by Gasteiger charge is 2.12. The van der Waals surface area contributed by atoms with Crippen molar-refractivity contribution in [1.82, 2.24) is 0 Å². The van der Waals surface area contributed by atoms with Gasteiger partial charge in [-0.3, -0.25) is 0 Å². The maximum Gasteiger partial charge on any atom is 0.338 e. The van der Waals surface area contributed by atoms with Crippen LogP contribution in [-0.4, -0.2) is 24.4 Å². The predicted octanol–water partition coefficient (Wildman–Crippen LogP) is 0.446. The minimum Gasteiger partial charge on any atom is -0.545 e. The summed E-state index contributed by atoms with van der Waals surface area (Å²) in [6.45, 7) is 0.0434. The minimum atomic E-state index is -1.41. The molecule has 0 bridgehead atoms. The normalized spacial score (nSPS) is 9.67. The van der Waals surface area contributed by atoms with Gasteiger partial charge in [0.15, 0.2) is 0 Å². The van der Waals surface area contributed by atoms with Crippen LogP contribution in [0.3, 0.4) is 0 Å². The lowest BCUT2D eigenvalue weighted by Gasteiger charge is -2.08. The smallest absolute Gasteiger partial charge is 0.338 e. The van der Waals surface area contributed by atoms with E-state index in [1.165, 1.54) is 18.2 Å². The Kier molecular flexibility index (Phi) is 4.12. The first kappa shape index (κ1) is 11.5. The van der Waals surface area contributed by atoms with E-state index in [-0.39, 0.29) is 23.6 Å². The number of carboxylic acid groups (broad SMARTS) is 1. The zero-order valence-corrected chi connectivity index (χ0v) is 8.49. The number of esters is 1. The quantitative estimate of drug-likeness (QED) is 0.553. The highest BCUT2D eigenvalue weighted by Crippen LogP contribution is 2.09. The molecule has 0 saturated heterocycles. The predicted molar refractivity (Wildman–Crippen MR) is 51.8 cm³/mol. The van der Waals surface area contributed by atoms with E-state index in [4.69, 9.17) is 16.3 Å². The van der Waals surface area contributed by atoms with Crippen molar-refractivity contribution < 1.29 is 19.4 Å². The number of benzene rings is 1. The molecule has 0 heterocycles. The van der Waals surface area contributed by atoms with E-state index in [0.717, 1.165) is 0 Å². The number of carbonyl (C=O) groups excluding carboxylic acids is 2. The zero-order valence-electron chi connectivity index (χ0n) is 7.73. The third-order valence-electron chi connectivity index (χ3n) is 1.68. The number of carbonyl (C=O) groups is 2. The zero-order chi connectivity index (χ0) is 11.3. The summed E-state index contributed by atoms with van der Waals surface area (Å²) >= 11 is 5.33. The van der Waals surface area contributed by atoms with E-state index in [0.29, 0.717) is 0 Å². The van der Waals surface area contributed by atoms with Crippen molar-refractivity contribution in [1.29, 1.82) is 0 Å². The maximum absolute atomic E-state index is 11.4. The molecule has 1 aromatic carbocycles. The van der Waals surface area contributed by atoms with Gasteiger partial charge in [0.25, 0.3) is 0 Å². The van der Waals surface area contributed by atoms with Crippen molar-refractivity contribution in [2.75, 3.05) is 12.5 Å². The van der Waals surface area contributed by atoms with Crippen LogP contribution in [0.2, 0.25) is 0 Å². The Bertz CT molecular complexity index is 375. The summed E-state index contributed by atoms with van der Waals surface area (Å²) in [5, 5.41) is 10.7. The molecule has 1 rings (SSSR count). The number of hydrogen-bond acceptors (Lipinski definition) is 4. The number of ether oxygens (including phenoxy) is 1. The van der Waals surface area contributed by atoms with E-state index in [1.54, 1.807) is 6.07 Å². The van der Waals surface area contributed by atoms with E-state index >= 15 is 0 Å². The van der Waals surface area contributed by atoms with Gasteiger partial charge in [-0.05, 0) is 6.07 Å². The third kappa shape index (κ3) is 2.95. The van der Waals surface area contributed by atoms with Crippen LogP contribution in [0.15, 0.2) is 24.3 Å². The van der Waals surface area contributed by atoms with Crippen LogP contribution in [0.5, 0.6) is 0 Å². The minimum absolute atomic E-state index is 0.0254. The Labute approximate surface area is 91.4 Å². The summed E-state index contributed by atoms with van der Waals surface area (Å²) in [6.07, 6.45) is 0. The molecule has 0 atom stereocenters. The standard InChI is InChI=1S/C10H9ClO4/c11-5-6-15-10(14)8-4-2-1-3-7(8)9(12)13/h1-4H,5-6H2,(H,12,13)/p-1. The molecule has 0 unspecified atom stereocenters. The second kappa shape index (κ2) is 5.36. The van der Waals surface area contributed by atoms with Crippen LogP contribution < -0.4 is 5.11 Å². The van der Waals surface area contributed by atoms with Gasteiger partial charge < -0.3 is 14.6 Å². The summed E-state index contributed by atoms with van der Waals surface area (Å²) in [5.74, 6) is -1.96. The Morgan fingerprint density at radius 1 is 1.27 bits per heavy atom. The van der Waals surface area contributed by atoms with Crippen molar-refractivity contribution in [3.05, 3.63) is 35.4 Å². The van der Waals surface area contributed by atoms with Gasteiger partial charge in [0.2, 0.25) is 0 Å². The molecule has 80 valence electrons. The topological polar surface area (TPSA) is 66.4 Å². The molecule has 0 spiro atoms. The molecule has 0 aliphatic heterocycles. The Morgan fingerprint density at radius 3 is 2.40 bits per heavy atom. The number of aromatic carboxylic acids is 1. The highest BCUT2D eigenvalue weighted by molar-refractivity contribution is 6.18. The van der Waals surface area contributed by atoms with Crippen molar-refractivity contribution in [3.63, 3.8) is 0 Å². The molecule has 15 heavy (non-hydrogen) atoms. The molecule has 0 radical (unpaired) electrons. The summed E-state index contributed by atoms with van der Waals surface area (Å²) in [7, 11) is 0. The fourth-order valence-electron chi connectivity index (χ4n) is 1.05. The van der Waals surface area contributed by atoms with Gasteiger partial charge >= 0.3 is 5.97 Å². The number of hydrogen-bond donors (Lipinski definition) is 0. The highest BCUT2D eigenvalue weighted by atomic mass is 35.5. The van der Waals surface area contributed by atoms with Crippen LogP contribution in [0.1, 0.15) is 20.7 Å². The first-order valence-corrected chi connectivity index (χ1v) is 4.73. The molecule has 1 aromatic rings. The molecule has 0 N–H and O–H groups in total. The van der Waals surface area contributed by atoms with E-state index < -0.39 is 11.9 Å².